The molecule has 1 aliphatic rings. The van der Waals surface area contributed by atoms with Crippen molar-refractivity contribution in [3.63, 3.8) is 0 Å². The van der Waals surface area contributed by atoms with Crippen LogP contribution in [0.1, 0.15) is 23.7 Å². The van der Waals surface area contributed by atoms with Crippen LogP contribution in [0.5, 0.6) is 0 Å². The Kier molecular flexibility index (Phi) is 3.51. The van der Waals surface area contributed by atoms with Crippen LogP contribution in [0, 0.1) is 6.92 Å². The van der Waals surface area contributed by atoms with Gasteiger partial charge in [0.25, 0.3) is 0 Å². The smallest absolute Gasteiger partial charge is 0.318 e. The van der Waals surface area contributed by atoms with Gasteiger partial charge in [0.05, 0.1) is 18.8 Å². The summed E-state index contributed by atoms with van der Waals surface area (Å²) in [6.45, 7) is 5.75. The van der Waals surface area contributed by atoms with Crippen LogP contribution in [0.15, 0.2) is 24.3 Å². The number of urea groups is 1. The van der Waals surface area contributed by atoms with Gasteiger partial charge in [-0.3, -0.25) is 5.10 Å². The number of amides is 2. The van der Waals surface area contributed by atoms with Crippen LogP contribution in [-0.2, 0) is 13.1 Å². The zero-order valence-electron chi connectivity index (χ0n) is 12.2. The third-order valence-corrected chi connectivity index (χ3v) is 3.58. The molecule has 3 rings (SSSR count). The molecule has 0 saturated heterocycles. The second-order valence-corrected chi connectivity index (χ2v) is 5.21. The molecular weight excluding hydrogens is 266 g/mol. The van der Waals surface area contributed by atoms with Crippen molar-refractivity contribution >= 4 is 17.5 Å². The Morgan fingerprint density at radius 2 is 2.10 bits per heavy atom. The van der Waals surface area contributed by atoms with Crippen LogP contribution in [0.3, 0.4) is 0 Å². The monoisotopic (exact) mass is 285 g/mol. The van der Waals surface area contributed by atoms with Crippen molar-refractivity contribution in [3.05, 3.63) is 41.1 Å². The highest BCUT2D eigenvalue weighted by atomic mass is 16.2. The molecule has 0 unspecified atom stereocenters. The number of carbonyl (C=O) groups is 1. The van der Waals surface area contributed by atoms with Gasteiger partial charge in [-0.25, -0.2) is 4.79 Å². The molecule has 6 nitrogen and oxygen atoms in total. The second-order valence-electron chi connectivity index (χ2n) is 5.21. The van der Waals surface area contributed by atoms with E-state index < -0.39 is 0 Å². The molecule has 2 heterocycles. The maximum absolute atomic E-state index is 11.9. The maximum atomic E-state index is 11.9. The van der Waals surface area contributed by atoms with E-state index >= 15 is 0 Å². The summed E-state index contributed by atoms with van der Waals surface area (Å²) in [4.78, 5) is 13.6. The van der Waals surface area contributed by atoms with Crippen molar-refractivity contribution in [2.75, 3.05) is 11.9 Å². The lowest BCUT2D eigenvalue weighted by molar-refractivity contribution is 0.198. The van der Waals surface area contributed by atoms with E-state index in [9.17, 15) is 4.79 Å². The highest BCUT2D eigenvalue weighted by Crippen LogP contribution is 2.29. The molecule has 0 aliphatic carbocycles. The van der Waals surface area contributed by atoms with Gasteiger partial charge in [-0.05, 0) is 26.0 Å². The van der Waals surface area contributed by atoms with Crippen molar-refractivity contribution in [1.82, 2.24) is 20.4 Å². The first-order valence-electron chi connectivity index (χ1n) is 7.10. The zero-order chi connectivity index (χ0) is 14.8. The Bertz CT molecular complexity index is 647. The molecule has 2 amide bonds. The van der Waals surface area contributed by atoms with Gasteiger partial charge < -0.3 is 15.5 Å². The van der Waals surface area contributed by atoms with Crippen LogP contribution >= 0.6 is 0 Å². The zero-order valence-corrected chi connectivity index (χ0v) is 12.2. The quantitative estimate of drug-likeness (QED) is 0.811. The number of aromatic amines is 1. The molecule has 2 aromatic rings. The third kappa shape index (κ3) is 2.69. The summed E-state index contributed by atoms with van der Waals surface area (Å²) in [7, 11) is 0. The summed E-state index contributed by atoms with van der Waals surface area (Å²) in [5.74, 6) is 0.792. The van der Waals surface area contributed by atoms with Gasteiger partial charge in [0.2, 0.25) is 0 Å². The van der Waals surface area contributed by atoms with Crippen LogP contribution in [-0.4, -0.2) is 27.7 Å². The lowest BCUT2D eigenvalue weighted by Crippen LogP contribution is -2.36. The number of H-pyrrole nitrogens is 1. The van der Waals surface area contributed by atoms with E-state index in [2.05, 4.69) is 39.9 Å². The van der Waals surface area contributed by atoms with Gasteiger partial charge in [0.15, 0.2) is 5.82 Å². The number of carbonyl (C=O) groups excluding carboxylic acids is 1. The first kappa shape index (κ1) is 13.5. The van der Waals surface area contributed by atoms with Gasteiger partial charge >= 0.3 is 6.03 Å². The summed E-state index contributed by atoms with van der Waals surface area (Å²) < 4.78 is 0. The van der Waals surface area contributed by atoms with E-state index in [1.165, 1.54) is 5.56 Å². The molecule has 21 heavy (non-hydrogen) atoms. The minimum absolute atomic E-state index is 0.0385. The van der Waals surface area contributed by atoms with E-state index in [1.54, 1.807) is 4.90 Å². The molecule has 0 radical (unpaired) electrons. The number of aromatic nitrogens is 2. The predicted octanol–water partition coefficient (Wildman–Crippen LogP) is 2.51. The van der Waals surface area contributed by atoms with Crippen molar-refractivity contribution in [2.45, 2.75) is 26.9 Å². The van der Waals surface area contributed by atoms with Crippen molar-refractivity contribution in [3.8, 4) is 0 Å². The fourth-order valence-corrected chi connectivity index (χ4v) is 2.42. The van der Waals surface area contributed by atoms with Gasteiger partial charge in [-0.15, -0.1) is 0 Å². The molecule has 1 aromatic carbocycles. The summed E-state index contributed by atoms with van der Waals surface area (Å²) in [6, 6.07) is 8.11. The van der Waals surface area contributed by atoms with Crippen LogP contribution in [0.2, 0.25) is 0 Å². The Labute approximate surface area is 123 Å². The normalized spacial score (nSPS) is 13.1. The van der Waals surface area contributed by atoms with Crippen molar-refractivity contribution < 1.29 is 4.79 Å². The molecule has 110 valence electrons. The van der Waals surface area contributed by atoms with Crippen LogP contribution in [0.25, 0.3) is 0 Å². The topological polar surface area (TPSA) is 73.0 Å². The molecule has 0 saturated carbocycles. The van der Waals surface area contributed by atoms with Crippen molar-refractivity contribution in [1.29, 1.82) is 0 Å². The van der Waals surface area contributed by atoms with Gasteiger partial charge in [0, 0.05) is 17.8 Å². The number of benzene rings is 1. The molecule has 0 atom stereocenters. The number of rotatable bonds is 3. The number of anilines is 2. The van der Waals surface area contributed by atoms with E-state index in [1.807, 2.05) is 19.1 Å². The van der Waals surface area contributed by atoms with Gasteiger partial charge in [-0.2, -0.15) is 5.10 Å². The molecule has 1 aromatic heterocycles. The number of fused-ring (bicyclic) bond motifs is 1. The number of hydrogen-bond acceptors (Lipinski definition) is 3. The first-order valence-corrected chi connectivity index (χ1v) is 7.10. The average Bonchev–Trinajstić information content (AvgIpc) is 3.03. The Morgan fingerprint density at radius 1 is 1.33 bits per heavy atom. The maximum Gasteiger partial charge on any atom is 0.318 e. The van der Waals surface area contributed by atoms with E-state index in [-0.39, 0.29) is 6.03 Å². The van der Waals surface area contributed by atoms with E-state index in [4.69, 9.17) is 0 Å². The van der Waals surface area contributed by atoms with Gasteiger partial charge in [-0.1, -0.05) is 17.7 Å². The molecule has 0 fully saturated rings. The Morgan fingerprint density at radius 3 is 2.81 bits per heavy atom. The average molecular weight is 285 g/mol. The van der Waals surface area contributed by atoms with Crippen LogP contribution < -0.4 is 10.6 Å². The number of nitrogens with zero attached hydrogens (tertiary/aromatic N) is 2. The summed E-state index contributed by atoms with van der Waals surface area (Å²) >= 11 is 0. The summed E-state index contributed by atoms with van der Waals surface area (Å²) in [5, 5.41) is 13.4. The highest BCUT2D eigenvalue weighted by Gasteiger charge is 2.27. The largest absolute Gasteiger partial charge is 0.338 e. The fourth-order valence-electron chi connectivity index (χ4n) is 2.42. The number of hydrogen-bond donors (Lipinski definition) is 3. The molecule has 0 spiro atoms. The minimum Gasteiger partial charge on any atom is -0.338 e. The van der Waals surface area contributed by atoms with E-state index in [0.29, 0.717) is 19.6 Å². The van der Waals surface area contributed by atoms with Crippen LogP contribution in [0.4, 0.5) is 16.3 Å². The van der Waals surface area contributed by atoms with E-state index in [0.717, 1.165) is 22.8 Å². The second kappa shape index (κ2) is 5.47. The lowest BCUT2D eigenvalue weighted by Gasteiger charge is -2.15. The fraction of sp³-hybridized carbons (Fsp3) is 0.333. The summed E-state index contributed by atoms with van der Waals surface area (Å²) in [5.41, 5.74) is 4.26. The molecule has 1 aliphatic heterocycles. The molecule has 6 heteroatoms. The molecule has 0 bridgehead atoms. The standard InChI is InChI=1S/C15H19N5O/c1-3-16-15(21)20-8-12-13(9-20)18-19-14(12)17-11-6-4-10(2)5-7-11/h4-7H,3,8-9H2,1-2H3,(H,16,21)(H2,17,18,19). The lowest BCUT2D eigenvalue weighted by atomic mass is 10.2. The summed E-state index contributed by atoms with van der Waals surface area (Å²) in [6.07, 6.45) is 0. The SMILES string of the molecule is CCNC(=O)N1Cc2[nH]nc(Nc3ccc(C)cc3)c2C1. The highest BCUT2D eigenvalue weighted by molar-refractivity contribution is 5.75. The first-order chi connectivity index (χ1) is 10.2. The minimum atomic E-state index is -0.0385. The molecular formula is C15H19N5O. The number of nitrogens with one attached hydrogen (secondary N) is 3. The Hall–Kier alpha value is -2.50. The van der Waals surface area contributed by atoms with Crippen molar-refractivity contribution in [2.24, 2.45) is 0 Å². The third-order valence-electron chi connectivity index (χ3n) is 3.58. The number of aryl methyl sites for hydroxylation is 1. The Balaban J connectivity index is 1.74. The predicted molar refractivity (Wildman–Crippen MR) is 81.4 cm³/mol. The molecule has 3 N–H and O–H groups in total. The van der Waals surface area contributed by atoms with Gasteiger partial charge in [0.1, 0.15) is 0 Å².